The highest BCUT2D eigenvalue weighted by Crippen LogP contribution is 2.19. The van der Waals surface area contributed by atoms with Gasteiger partial charge >= 0.3 is 11.9 Å². The van der Waals surface area contributed by atoms with Crippen LogP contribution in [0.15, 0.2) is 24.3 Å². The van der Waals surface area contributed by atoms with Crippen molar-refractivity contribution < 1.29 is 23.8 Å². The van der Waals surface area contributed by atoms with E-state index in [1.807, 2.05) is 0 Å². The first-order valence-electron chi connectivity index (χ1n) is 11.6. The van der Waals surface area contributed by atoms with E-state index < -0.39 is 11.9 Å². The van der Waals surface area contributed by atoms with E-state index in [2.05, 4.69) is 13.8 Å². The highest BCUT2D eigenvalue weighted by Gasteiger charge is 2.19. The van der Waals surface area contributed by atoms with Crippen molar-refractivity contribution in [2.24, 2.45) is 5.92 Å². The van der Waals surface area contributed by atoms with E-state index in [1.165, 1.54) is 19.3 Å². The number of hydrogen-bond donors (Lipinski definition) is 0. The summed E-state index contributed by atoms with van der Waals surface area (Å²) in [5.74, 6) is -0.447. The van der Waals surface area contributed by atoms with Gasteiger partial charge in [-0.2, -0.15) is 0 Å². The molecule has 5 heteroatoms. The van der Waals surface area contributed by atoms with Gasteiger partial charge in [0.15, 0.2) is 0 Å². The van der Waals surface area contributed by atoms with E-state index in [0.717, 1.165) is 51.6 Å². The van der Waals surface area contributed by atoms with Gasteiger partial charge in [-0.05, 0) is 37.3 Å². The fourth-order valence-corrected chi connectivity index (χ4v) is 3.41. The third-order valence-corrected chi connectivity index (χ3v) is 5.30. The lowest BCUT2D eigenvalue weighted by Gasteiger charge is -2.16. The maximum absolute atomic E-state index is 12.6. The highest BCUT2D eigenvalue weighted by molar-refractivity contribution is 6.03. The van der Waals surface area contributed by atoms with Crippen LogP contribution < -0.4 is 0 Å². The molecule has 0 bridgehead atoms. The van der Waals surface area contributed by atoms with Gasteiger partial charge in [-0.3, -0.25) is 0 Å². The van der Waals surface area contributed by atoms with Crippen LogP contribution in [0.4, 0.5) is 0 Å². The number of hydrogen-bond acceptors (Lipinski definition) is 5. The lowest BCUT2D eigenvalue weighted by Crippen LogP contribution is -2.16. The molecule has 0 aliphatic rings. The van der Waals surface area contributed by atoms with Crippen molar-refractivity contribution in [1.29, 1.82) is 0 Å². The van der Waals surface area contributed by atoms with Crippen molar-refractivity contribution in [2.45, 2.75) is 78.1 Å². The van der Waals surface area contributed by atoms with Gasteiger partial charge in [0.2, 0.25) is 0 Å². The Labute approximate surface area is 182 Å². The number of carbonyl (C=O) groups excluding carboxylic acids is 2. The second-order valence-corrected chi connectivity index (χ2v) is 7.81. The molecule has 1 unspecified atom stereocenters. The second kappa shape index (κ2) is 16.9. The molecule has 1 rings (SSSR count). The average molecular weight is 421 g/mol. The van der Waals surface area contributed by atoms with Gasteiger partial charge in [0.1, 0.15) is 0 Å². The van der Waals surface area contributed by atoms with Crippen LogP contribution in [0.3, 0.4) is 0 Å². The Bertz CT molecular complexity index is 599. The summed E-state index contributed by atoms with van der Waals surface area (Å²) in [4.78, 5) is 25.0. The maximum atomic E-state index is 12.6. The highest BCUT2D eigenvalue weighted by atomic mass is 16.5. The third kappa shape index (κ3) is 10.8. The van der Waals surface area contributed by atoms with Gasteiger partial charge < -0.3 is 14.2 Å². The third-order valence-electron chi connectivity index (χ3n) is 5.30. The van der Waals surface area contributed by atoms with Crippen LogP contribution in [0.2, 0.25) is 0 Å². The smallest absolute Gasteiger partial charge is 0.339 e. The zero-order valence-electron chi connectivity index (χ0n) is 19.1. The molecule has 0 aromatic heterocycles. The molecule has 0 N–H and O–H groups in total. The second-order valence-electron chi connectivity index (χ2n) is 7.81. The van der Waals surface area contributed by atoms with Crippen LogP contribution in [-0.2, 0) is 14.2 Å². The minimum atomic E-state index is -0.465. The molecule has 0 saturated carbocycles. The van der Waals surface area contributed by atoms with E-state index in [9.17, 15) is 9.59 Å². The van der Waals surface area contributed by atoms with Crippen LogP contribution in [0, 0.1) is 5.92 Å². The Hall–Kier alpha value is -1.88. The molecular formula is C25H40O5. The van der Waals surface area contributed by atoms with Crippen molar-refractivity contribution in [3.63, 3.8) is 0 Å². The van der Waals surface area contributed by atoms with Gasteiger partial charge in [-0.15, -0.1) is 0 Å². The van der Waals surface area contributed by atoms with Crippen molar-refractivity contribution in [1.82, 2.24) is 0 Å². The standard InChI is InChI=1S/C25H40O5/c1-4-6-8-12-18-29-24(26)22-14-10-11-15-23(22)25(27)30-20-17-21(16-19-28-3)13-9-7-5-2/h10-11,14-15,21H,4-9,12-13,16-20H2,1-3H3. The summed E-state index contributed by atoms with van der Waals surface area (Å²) in [5.41, 5.74) is 0.548. The minimum absolute atomic E-state index is 0.274. The fraction of sp³-hybridized carbons (Fsp3) is 0.680. The number of unbranched alkanes of at least 4 members (excludes halogenated alkanes) is 5. The molecule has 1 aromatic carbocycles. The molecule has 0 heterocycles. The van der Waals surface area contributed by atoms with Crippen LogP contribution in [-0.4, -0.2) is 38.9 Å². The molecule has 0 aliphatic carbocycles. The number of benzene rings is 1. The summed E-state index contributed by atoms with van der Waals surface area (Å²) < 4.78 is 16.1. The average Bonchev–Trinajstić information content (AvgIpc) is 2.76. The summed E-state index contributed by atoms with van der Waals surface area (Å²) in [7, 11) is 1.71. The number of rotatable bonds is 17. The molecule has 0 fully saturated rings. The number of carbonyl (C=O) groups is 2. The van der Waals surface area contributed by atoms with E-state index in [-0.39, 0.29) is 11.1 Å². The molecule has 1 atom stereocenters. The zero-order chi connectivity index (χ0) is 22.0. The van der Waals surface area contributed by atoms with Crippen molar-refractivity contribution in [2.75, 3.05) is 26.9 Å². The molecule has 0 amide bonds. The number of ether oxygens (including phenoxy) is 3. The van der Waals surface area contributed by atoms with E-state index in [0.29, 0.717) is 19.1 Å². The van der Waals surface area contributed by atoms with Crippen LogP contribution in [0.5, 0.6) is 0 Å². The van der Waals surface area contributed by atoms with Gasteiger partial charge in [0.05, 0.1) is 24.3 Å². The first-order chi connectivity index (χ1) is 14.6. The first kappa shape index (κ1) is 26.2. The van der Waals surface area contributed by atoms with E-state index in [1.54, 1.807) is 31.4 Å². The Morgan fingerprint density at radius 3 is 1.90 bits per heavy atom. The quantitative estimate of drug-likeness (QED) is 0.222. The zero-order valence-corrected chi connectivity index (χ0v) is 19.1. The topological polar surface area (TPSA) is 61.8 Å². The Morgan fingerprint density at radius 2 is 1.30 bits per heavy atom. The Morgan fingerprint density at radius 1 is 0.733 bits per heavy atom. The monoisotopic (exact) mass is 420 g/mol. The van der Waals surface area contributed by atoms with Crippen molar-refractivity contribution in [3.8, 4) is 0 Å². The molecule has 170 valence electrons. The molecule has 30 heavy (non-hydrogen) atoms. The Balaban J connectivity index is 2.54. The van der Waals surface area contributed by atoms with Crippen molar-refractivity contribution >= 4 is 11.9 Å². The summed E-state index contributed by atoms with van der Waals surface area (Å²) >= 11 is 0. The Kier molecular flexibility index (Phi) is 14.7. The maximum Gasteiger partial charge on any atom is 0.339 e. The van der Waals surface area contributed by atoms with Crippen LogP contribution in [0.1, 0.15) is 98.8 Å². The molecule has 5 nitrogen and oxygen atoms in total. The van der Waals surface area contributed by atoms with Gasteiger partial charge in [0, 0.05) is 13.7 Å². The molecular weight excluding hydrogens is 380 g/mol. The van der Waals surface area contributed by atoms with Crippen LogP contribution >= 0.6 is 0 Å². The minimum Gasteiger partial charge on any atom is -0.462 e. The van der Waals surface area contributed by atoms with Gasteiger partial charge in [-0.25, -0.2) is 9.59 Å². The predicted molar refractivity (Wildman–Crippen MR) is 120 cm³/mol. The van der Waals surface area contributed by atoms with Crippen molar-refractivity contribution in [3.05, 3.63) is 35.4 Å². The lowest BCUT2D eigenvalue weighted by molar-refractivity contribution is 0.0436. The molecule has 0 saturated heterocycles. The first-order valence-corrected chi connectivity index (χ1v) is 11.6. The summed E-state index contributed by atoms with van der Waals surface area (Å²) in [6, 6.07) is 6.72. The molecule has 0 aliphatic heterocycles. The van der Waals surface area contributed by atoms with Crippen LogP contribution in [0.25, 0.3) is 0 Å². The SMILES string of the molecule is CCCCCCOC(=O)c1ccccc1C(=O)OCCC(CCCCC)CCOC. The summed E-state index contributed by atoms with van der Waals surface area (Å²) in [6.45, 7) is 5.77. The van der Waals surface area contributed by atoms with Gasteiger partial charge in [0.25, 0.3) is 0 Å². The lowest BCUT2D eigenvalue weighted by atomic mass is 9.95. The fourth-order valence-electron chi connectivity index (χ4n) is 3.41. The number of esters is 2. The summed E-state index contributed by atoms with van der Waals surface area (Å²) in [5, 5.41) is 0. The van der Waals surface area contributed by atoms with Gasteiger partial charge in [-0.1, -0.05) is 70.9 Å². The summed E-state index contributed by atoms with van der Waals surface area (Å²) in [6.07, 6.45) is 10.6. The predicted octanol–water partition coefficient (Wildman–Crippen LogP) is 6.20. The molecule has 0 spiro atoms. The largest absolute Gasteiger partial charge is 0.462 e. The normalized spacial score (nSPS) is 11.8. The van der Waals surface area contributed by atoms with E-state index >= 15 is 0 Å². The van der Waals surface area contributed by atoms with E-state index in [4.69, 9.17) is 14.2 Å². The molecule has 1 aromatic rings. The molecule has 0 radical (unpaired) electrons. The number of methoxy groups -OCH3 is 1.